The third-order valence-corrected chi connectivity index (χ3v) is 3.86. The molecule has 3 rings (SSSR count). The monoisotopic (exact) mass is 372 g/mol. The van der Waals surface area contributed by atoms with Crippen LogP contribution in [-0.2, 0) is 13.0 Å². The first-order chi connectivity index (χ1) is 12.7. The number of aromatic nitrogens is 3. The summed E-state index contributed by atoms with van der Waals surface area (Å²) in [7, 11) is 0. The minimum Gasteiger partial charge on any atom is -0.461 e. The van der Waals surface area contributed by atoms with Crippen molar-refractivity contribution in [3.63, 3.8) is 0 Å². The second-order valence-electron chi connectivity index (χ2n) is 5.58. The van der Waals surface area contributed by atoms with Crippen LogP contribution in [0.25, 0.3) is 11.6 Å². The summed E-state index contributed by atoms with van der Waals surface area (Å²) in [5.41, 5.74) is 1.10. The molecule has 0 atom stereocenters. The van der Waals surface area contributed by atoms with Crippen LogP contribution in [0.4, 0.5) is 0 Å². The van der Waals surface area contributed by atoms with E-state index in [0.717, 1.165) is 28.9 Å². The maximum atomic E-state index is 5.90. The molecular weight excluding hydrogens is 352 g/mol. The number of H-pyrrole nitrogens is 1. The highest BCUT2D eigenvalue weighted by Crippen LogP contribution is 2.14. The molecule has 3 aromatic rings. The minimum atomic E-state index is 0.563. The van der Waals surface area contributed by atoms with Crippen molar-refractivity contribution in [3.05, 3.63) is 59.1 Å². The van der Waals surface area contributed by atoms with Crippen molar-refractivity contribution >= 4 is 17.6 Å². The Morgan fingerprint density at radius 1 is 1.23 bits per heavy atom. The normalized spacial score (nSPS) is 11.5. The van der Waals surface area contributed by atoms with Crippen molar-refractivity contribution in [1.82, 2.24) is 25.8 Å². The number of nitrogens with one attached hydrogen (secondary N) is 3. The molecule has 0 saturated carbocycles. The zero-order chi connectivity index (χ0) is 18.2. The van der Waals surface area contributed by atoms with Gasteiger partial charge < -0.3 is 15.1 Å². The van der Waals surface area contributed by atoms with Gasteiger partial charge in [-0.1, -0.05) is 23.7 Å². The van der Waals surface area contributed by atoms with Gasteiger partial charge >= 0.3 is 0 Å². The lowest BCUT2D eigenvalue weighted by Crippen LogP contribution is -2.38. The molecule has 1 aromatic carbocycles. The van der Waals surface area contributed by atoms with Crippen LogP contribution in [-0.4, -0.2) is 34.2 Å². The molecule has 8 heteroatoms. The van der Waals surface area contributed by atoms with E-state index in [0.29, 0.717) is 31.1 Å². The van der Waals surface area contributed by atoms with Gasteiger partial charge in [0.05, 0.1) is 12.8 Å². The van der Waals surface area contributed by atoms with E-state index in [1.165, 1.54) is 0 Å². The molecule has 0 saturated heterocycles. The Balaban J connectivity index is 1.52. The maximum Gasteiger partial charge on any atom is 0.216 e. The summed E-state index contributed by atoms with van der Waals surface area (Å²) < 4.78 is 5.29. The van der Waals surface area contributed by atoms with E-state index in [9.17, 15) is 0 Å². The topological polar surface area (TPSA) is 91.1 Å². The van der Waals surface area contributed by atoms with Crippen LogP contribution in [0.3, 0.4) is 0 Å². The van der Waals surface area contributed by atoms with Crippen molar-refractivity contribution < 1.29 is 4.42 Å². The van der Waals surface area contributed by atoms with Crippen LogP contribution in [0, 0.1) is 0 Å². The molecule has 3 N–H and O–H groups in total. The zero-order valence-electron chi connectivity index (χ0n) is 14.5. The summed E-state index contributed by atoms with van der Waals surface area (Å²) >= 11 is 5.90. The Labute approximate surface area is 156 Å². The molecule has 0 unspecified atom stereocenters. The number of rotatable bonds is 7. The predicted molar refractivity (Wildman–Crippen MR) is 102 cm³/mol. The third kappa shape index (κ3) is 5.10. The third-order valence-electron chi connectivity index (χ3n) is 3.60. The van der Waals surface area contributed by atoms with Gasteiger partial charge in [0, 0.05) is 24.5 Å². The van der Waals surface area contributed by atoms with E-state index < -0.39 is 0 Å². The van der Waals surface area contributed by atoms with E-state index in [2.05, 4.69) is 30.8 Å². The van der Waals surface area contributed by atoms with Gasteiger partial charge in [-0.3, -0.25) is 5.10 Å². The number of hydrogen-bond acceptors (Lipinski definition) is 4. The Bertz CT molecular complexity index is 826. The number of furan rings is 1. The molecule has 0 fully saturated rings. The van der Waals surface area contributed by atoms with Gasteiger partial charge in [-0.05, 0) is 36.8 Å². The fourth-order valence-corrected chi connectivity index (χ4v) is 2.45. The van der Waals surface area contributed by atoms with E-state index in [-0.39, 0.29) is 0 Å². The Hall–Kier alpha value is -2.80. The number of aliphatic imine (C=N–C) groups is 1. The van der Waals surface area contributed by atoms with Crippen LogP contribution < -0.4 is 10.6 Å². The molecule has 2 aromatic heterocycles. The zero-order valence-corrected chi connectivity index (χ0v) is 15.3. The lowest BCUT2D eigenvalue weighted by molar-refractivity contribution is 0.577. The maximum absolute atomic E-state index is 5.90. The van der Waals surface area contributed by atoms with Crippen molar-refractivity contribution in [3.8, 4) is 11.6 Å². The Kier molecular flexibility index (Phi) is 6.27. The summed E-state index contributed by atoms with van der Waals surface area (Å²) in [6.07, 6.45) is 2.30. The fraction of sp³-hybridized carbons (Fsp3) is 0.278. The van der Waals surface area contributed by atoms with Crippen LogP contribution in [0.2, 0.25) is 5.02 Å². The second kappa shape index (κ2) is 9.05. The SMILES string of the molecule is CCNC(=NCc1ccc(Cl)cc1)NCCc1nc(-c2ccco2)n[nH]1. The van der Waals surface area contributed by atoms with Gasteiger partial charge in [0.1, 0.15) is 5.82 Å². The molecule has 0 aliphatic carbocycles. The van der Waals surface area contributed by atoms with E-state index in [4.69, 9.17) is 16.0 Å². The average molecular weight is 373 g/mol. The predicted octanol–water partition coefficient (Wildman–Crippen LogP) is 3.02. The number of aromatic amines is 1. The summed E-state index contributed by atoms with van der Waals surface area (Å²) in [5, 5.41) is 14.3. The molecule has 0 amide bonds. The number of benzene rings is 1. The quantitative estimate of drug-likeness (QED) is 0.438. The molecule has 7 nitrogen and oxygen atoms in total. The molecule has 0 spiro atoms. The van der Waals surface area contributed by atoms with E-state index in [1.807, 2.05) is 43.3 Å². The van der Waals surface area contributed by atoms with Gasteiger partial charge in [-0.25, -0.2) is 9.98 Å². The van der Waals surface area contributed by atoms with E-state index in [1.54, 1.807) is 6.26 Å². The summed E-state index contributed by atoms with van der Waals surface area (Å²) in [6.45, 7) is 4.08. The average Bonchev–Trinajstić information content (AvgIpc) is 3.32. The van der Waals surface area contributed by atoms with Crippen LogP contribution in [0.1, 0.15) is 18.3 Å². The van der Waals surface area contributed by atoms with Crippen LogP contribution in [0.15, 0.2) is 52.1 Å². The molecule has 0 bridgehead atoms. The molecule has 0 radical (unpaired) electrons. The minimum absolute atomic E-state index is 0.563. The number of halogens is 1. The Morgan fingerprint density at radius 2 is 2.08 bits per heavy atom. The van der Waals surface area contributed by atoms with Gasteiger partial charge in [-0.15, -0.1) is 0 Å². The Morgan fingerprint density at radius 3 is 2.81 bits per heavy atom. The van der Waals surface area contributed by atoms with Crippen LogP contribution >= 0.6 is 11.6 Å². The largest absolute Gasteiger partial charge is 0.461 e. The number of nitrogens with zero attached hydrogens (tertiary/aromatic N) is 3. The fourth-order valence-electron chi connectivity index (χ4n) is 2.32. The van der Waals surface area contributed by atoms with E-state index >= 15 is 0 Å². The van der Waals surface area contributed by atoms with Crippen molar-refractivity contribution in [2.75, 3.05) is 13.1 Å². The first kappa shape index (κ1) is 18.0. The molecular formula is C18H21ClN6O. The second-order valence-corrected chi connectivity index (χ2v) is 6.02. The van der Waals surface area contributed by atoms with Gasteiger partial charge in [-0.2, -0.15) is 5.10 Å². The van der Waals surface area contributed by atoms with Crippen molar-refractivity contribution in [1.29, 1.82) is 0 Å². The lowest BCUT2D eigenvalue weighted by atomic mass is 10.2. The molecule has 2 heterocycles. The highest BCUT2D eigenvalue weighted by molar-refractivity contribution is 6.30. The van der Waals surface area contributed by atoms with Crippen molar-refractivity contribution in [2.24, 2.45) is 4.99 Å². The van der Waals surface area contributed by atoms with Gasteiger partial charge in [0.2, 0.25) is 5.82 Å². The lowest BCUT2D eigenvalue weighted by Gasteiger charge is -2.10. The number of guanidine groups is 1. The smallest absolute Gasteiger partial charge is 0.216 e. The van der Waals surface area contributed by atoms with Gasteiger partial charge in [0.25, 0.3) is 0 Å². The van der Waals surface area contributed by atoms with Crippen molar-refractivity contribution in [2.45, 2.75) is 19.9 Å². The highest BCUT2D eigenvalue weighted by atomic mass is 35.5. The first-order valence-corrected chi connectivity index (χ1v) is 8.84. The molecule has 0 aliphatic heterocycles. The summed E-state index contributed by atoms with van der Waals surface area (Å²) in [4.78, 5) is 9.00. The number of hydrogen-bond donors (Lipinski definition) is 3. The summed E-state index contributed by atoms with van der Waals surface area (Å²) in [6, 6.07) is 11.3. The van der Waals surface area contributed by atoms with Crippen LogP contribution in [0.5, 0.6) is 0 Å². The first-order valence-electron chi connectivity index (χ1n) is 8.46. The molecule has 136 valence electrons. The highest BCUT2D eigenvalue weighted by Gasteiger charge is 2.08. The molecule has 26 heavy (non-hydrogen) atoms. The van der Waals surface area contributed by atoms with Gasteiger partial charge in [0.15, 0.2) is 11.7 Å². The standard InChI is InChI=1S/C18H21ClN6O/c1-2-20-18(22-12-13-5-7-14(19)8-6-13)21-10-9-16-23-17(25-24-16)15-4-3-11-26-15/h3-8,11H,2,9-10,12H2,1H3,(H2,20,21,22)(H,23,24,25). The molecule has 0 aliphatic rings. The summed E-state index contributed by atoms with van der Waals surface area (Å²) in [5.74, 6) is 2.76.